The number of carbonyl (C=O) groups excluding carboxylic acids is 2. The van der Waals surface area contributed by atoms with Crippen molar-refractivity contribution in [1.29, 1.82) is 0 Å². The quantitative estimate of drug-likeness (QED) is 0.782. The van der Waals surface area contributed by atoms with Gasteiger partial charge in [0.15, 0.2) is 0 Å². The standard InChI is InChI=1S/C24H31N3O2/c1-4-25-15-19-7-5-9-22(14-19)26-23(28)20-8-6-10-27(16-20)24(29)21-12-17(2)11-18(3)13-21/h5,7,9,11-14,20,25H,4,6,8,10,15-16H2,1-3H3,(H,26,28). The number of rotatable bonds is 6. The van der Waals surface area contributed by atoms with Crippen LogP contribution in [0.2, 0.25) is 0 Å². The van der Waals surface area contributed by atoms with Gasteiger partial charge >= 0.3 is 0 Å². The lowest BCUT2D eigenvalue weighted by atomic mass is 9.96. The molecule has 0 aliphatic carbocycles. The Hall–Kier alpha value is -2.66. The highest BCUT2D eigenvalue weighted by molar-refractivity contribution is 5.96. The molecule has 2 N–H and O–H groups in total. The summed E-state index contributed by atoms with van der Waals surface area (Å²) in [7, 11) is 0. The smallest absolute Gasteiger partial charge is 0.253 e. The number of piperidine rings is 1. The van der Waals surface area contributed by atoms with E-state index >= 15 is 0 Å². The molecule has 0 radical (unpaired) electrons. The third kappa shape index (κ3) is 5.67. The summed E-state index contributed by atoms with van der Waals surface area (Å²) in [5, 5.41) is 6.33. The number of carbonyl (C=O) groups is 2. The first-order chi connectivity index (χ1) is 14.0. The van der Waals surface area contributed by atoms with Gasteiger partial charge in [-0.2, -0.15) is 0 Å². The molecular formula is C24H31N3O2. The fraction of sp³-hybridized carbons (Fsp3) is 0.417. The minimum absolute atomic E-state index is 0.0106. The lowest BCUT2D eigenvalue weighted by molar-refractivity contribution is -0.121. The molecule has 1 unspecified atom stereocenters. The van der Waals surface area contributed by atoms with Crippen LogP contribution in [0.25, 0.3) is 0 Å². The van der Waals surface area contributed by atoms with Gasteiger partial charge in [-0.3, -0.25) is 9.59 Å². The number of aryl methyl sites for hydroxylation is 2. The molecule has 1 saturated heterocycles. The van der Waals surface area contributed by atoms with Crippen molar-refractivity contribution in [3.05, 3.63) is 64.7 Å². The number of anilines is 1. The van der Waals surface area contributed by atoms with Gasteiger partial charge in [-0.15, -0.1) is 0 Å². The van der Waals surface area contributed by atoms with E-state index in [9.17, 15) is 9.59 Å². The zero-order valence-corrected chi connectivity index (χ0v) is 17.6. The van der Waals surface area contributed by atoms with E-state index in [0.717, 1.165) is 48.3 Å². The van der Waals surface area contributed by atoms with Gasteiger partial charge in [-0.05, 0) is 63.1 Å². The highest BCUT2D eigenvalue weighted by Crippen LogP contribution is 2.22. The number of amides is 2. The van der Waals surface area contributed by atoms with E-state index < -0.39 is 0 Å². The molecule has 0 spiro atoms. The van der Waals surface area contributed by atoms with Crippen molar-refractivity contribution < 1.29 is 9.59 Å². The summed E-state index contributed by atoms with van der Waals surface area (Å²) in [5.74, 6) is -0.179. The molecule has 1 heterocycles. The highest BCUT2D eigenvalue weighted by atomic mass is 16.2. The Morgan fingerprint density at radius 3 is 2.59 bits per heavy atom. The molecule has 2 aromatic carbocycles. The summed E-state index contributed by atoms with van der Waals surface area (Å²) in [5.41, 5.74) is 4.82. The second-order valence-corrected chi connectivity index (χ2v) is 7.94. The number of benzene rings is 2. The minimum Gasteiger partial charge on any atom is -0.338 e. The second kappa shape index (κ2) is 9.70. The monoisotopic (exact) mass is 393 g/mol. The van der Waals surface area contributed by atoms with Crippen LogP contribution in [0.4, 0.5) is 5.69 Å². The summed E-state index contributed by atoms with van der Waals surface area (Å²) in [4.78, 5) is 27.6. The van der Waals surface area contributed by atoms with Crippen molar-refractivity contribution in [2.45, 2.75) is 40.2 Å². The van der Waals surface area contributed by atoms with E-state index in [0.29, 0.717) is 18.7 Å². The average molecular weight is 394 g/mol. The number of likely N-dealkylation sites (tertiary alicyclic amines) is 1. The largest absolute Gasteiger partial charge is 0.338 e. The molecule has 1 fully saturated rings. The lowest BCUT2D eigenvalue weighted by Crippen LogP contribution is -2.43. The molecule has 2 amide bonds. The van der Waals surface area contributed by atoms with Crippen LogP contribution in [0.5, 0.6) is 0 Å². The molecule has 29 heavy (non-hydrogen) atoms. The minimum atomic E-state index is -0.184. The third-order valence-corrected chi connectivity index (χ3v) is 5.32. The van der Waals surface area contributed by atoms with Crippen LogP contribution in [-0.2, 0) is 11.3 Å². The van der Waals surface area contributed by atoms with E-state index in [1.165, 1.54) is 0 Å². The van der Waals surface area contributed by atoms with Crippen LogP contribution in [-0.4, -0.2) is 36.3 Å². The van der Waals surface area contributed by atoms with Gasteiger partial charge in [-0.1, -0.05) is 36.2 Å². The van der Waals surface area contributed by atoms with Crippen molar-refractivity contribution in [2.24, 2.45) is 5.92 Å². The first kappa shape index (κ1) is 21.1. The average Bonchev–Trinajstić information content (AvgIpc) is 2.71. The van der Waals surface area contributed by atoms with Gasteiger partial charge in [0.05, 0.1) is 5.92 Å². The number of hydrogen-bond donors (Lipinski definition) is 2. The molecule has 5 heteroatoms. The predicted molar refractivity (Wildman–Crippen MR) is 117 cm³/mol. The number of nitrogens with zero attached hydrogens (tertiary/aromatic N) is 1. The van der Waals surface area contributed by atoms with Crippen molar-refractivity contribution in [3.8, 4) is 0 Å². The van der Waals surface area contributed by atoms with Crippen molar-refractivity contribution in [2.75, 3.05) is 25.0 Å². The Kier molecular flexibility index (Phi) is 7.04. The van der Waals surface area contributed by atoms with Crippen LogP contribution in [0.15, 0.2) is 42.5 Å². The summed E-state index contributed by atoms with van der Waals surface area (Å²) >= 11 is 0. The topological polar surface area (TPSA) is 61.4 Å². The van der Waals surface area contributed by atoms with Gasteiger partial charge < -0.3 is 15.5 Å². The van der Waals surface area contributed by atoms with Gasteiger partial charge in [-0.25, -0.2) is 0 Å². The van der Waals surface area contributed by atoms with Crippen molar-refractivity contribution in [3.63, 3.8) is 0 Å². The molecule has 0 saturated carbocycles. The fourth-order valence-corrected chi connectivity index (χ4v) is 3.93. The normalized spacial score (nSPS) is 16.5. The van der Waals surface area contributed by atoms with E-state index in [1.54, 1.807) is 0 Å². The Labute approximate surface area is 173 Å². The molecule has 1 aliphatic heterocycles. The number of hydrogen-bond acceptors (Lipinski definition) is 3. The molecule has 154 valence electrons. The molecule has 1 atom stereocenters. The molecule has 0 bridgehead atoms. The Bertz CT molecular complexity index is 858. The number of nitrogens with one attached hydrogen (secondary N) is 2. The Balaban J connectivity index is 1.64. The van der Waals surface area contributed by atoms with Crippen LogP contribution in [0, 0.1) is 19.8 Å². The van der Waals surface area contributed by atoms with Crippen LogP contribution < -0.4 is 10.6 Å². The summed E-state index contributed by atoms with van der Waals surface area (Å²) in [6, 6.07) is 13.8. The zero-order chi connectivity index (χ0) is 20.8. The maximum absolute atomic E-state index is 13.0. The van der Waals surface area contributed by atoms with Gasteiger partial charge in [0, 0.05) is 30.9 Å². The fourth-order valence-electron chi connectivity index (χ4n) is 3.93. The molecule has 0 aromatic heterocycles. The Morgan fingerprint density at radius 1 is 1.10 bits per heavy atom. The predicted octanol–water partition coefficient (Wildman–Crippen LogP) is 3.90. The molecule has 5 nitrogen and oxygen atoms in total. The van der Waals surface area contributed by atoms with Crippen LogP contribution in [0.1, 0.15) is 46.8 Å². The summed E-state index contributed by atoms with van der Waals surface area (Å²) in [6.45, 7) is 8.92. The lowest BCUT2D eigenvalue weighted by Gasteiger charge is -2.32. The van der Waals surface area contributed by atoms with Crippen LogP contribution in [0.3, 0.4) is 0 Å². The summed E-state index contributed by atoms with van der Waals surface area (Å²) in [6.07, 6.45) is 1.65. The first-order valence-electron chi connectivity index (χ1n) is 10.4. The van der Waals surface area contributed by atoms with E-state index in [4.69, 9.17) is 0 Å². The van der Waals surface area contributed by atoms with Gasteiger partial charge in [0.25, 0.3) is 5.91 Å². The summed E-state index contributed by atoms with van der Waals surface area (Å²) < 4.78 is 0. The van der Waals surface area contributed by atoms with E-state index in [2.05, 4.69) is 23.6 Å². The first-order valence-corrected chi connectivity index (χ1v) is 10.4. The molecule has 1 aliphatic rings. The molecule has 3 rings (SSSR count). The van der Waals surface area contributed by atoms with Crippen LogP contribution >= 0.6 is 0 Å². The zero-order valence-electron chi connectivity index (χ0n) is 17.6. The third-order valence-electron chi connectivity index (χ3n) is 5.32. The van der Waals surface area contributed by atoms with Crippen molar-refractivity contribution in [1.82, 2.24) is 10.2 Å². The SMILES string of the molecule is CCNCc1cccc(NC(=O)C2CCCN(C(=O)c3cc(C)cc(C)c3)C2)c1. The maximum Gasteiger partial charge on any atom is 0.253 e. The highest BCUT2D eigenvalue weighted by Gasteiger charge is 2.29. The molecular weight excluding hydrogens is 362 g/mol. The Morgan fingerprint density at radius 2 is 1.86 bits per heavy atom. The van der Waals surface area contributed by atoms with Gasteiger partial charge in [0.2, 0.25) is 5.91 Å². The van der Waals surface area contributed by atoms with E-state index in [-0.39, 0.29) is 17.7 Å². The second-order valence-electron chi connectivity index (χ2n) is 7.94. The van der Waals surface area contributed by atoms with Crippen molar-refractivity contribution >= 4 is 17.5 Å². The molecule has 2 aromatic rings. The van der Waals surface area contributed by atoms with Gasteiger partial charge in [0.1, 0.15) is 0 Å². The van der Waals surface area contributed by atoms with E-state index in [1.807, 2.05) is 55.1 Å². The maximum atomic E-state index is 13.0.